The van der Waals surface area contributed by atoms with Gasteiger partial charge in [0.25, 0.3) is 5.91 Å². The molecule has 0 aliphatic heterocycles. The van der Waals surface area contributed by atoms with E-state index in [0.717, 1.165) is 5.56 Å². The first-order valence-electron chi connectivity index (χ1n) is 8.15. The molecule has 0 radical (unpaired) electrons. The molecule has 26 heavy (non-hydrogen) atoms. The Bertz CT molecular complexity index is 788. The van der Waals surface area contributed by atoms with Crippen LogP contribution in [0.5, 0.6) is 0 Å². The summed E-state index contributed by atoms with van der Waals surface area (Å²) in [6, 6.07) is 11.0. The van der Waals surface area contributed by atoms with Crippen molar-refractivity contribution in [2.45, 2.75) is 20.8 Å². The highest BCUT2D eigenvalue weighted by Gasteiger charge is 2.14. The van der Waals surface area contributed by atoms with Gasteiger partial charge < -0.3 is 10.4 Å². The molecule has 0 heterocycles. The molecule has 1 amide bonds. The molecule has 7 heteroatoms. The third-order valence-corrected chi connectivity index (χ3v) is 3.15. The van der Waals surface area contributed by atoms with Gasteiger partial charge in [-0.05, 0) is 42.8 Å². The van der Waals surface area contributed by atoms with Gasteiger partial charge in [-0.1, -0.05) is 19.9 Å². The minimum absolute atomic E-state index is 0.0582. The van der Waals surface area contributed by atoms with Crippen molar-refractivity contribution in [3.05, 3.63) is 58.9 Å². The van der Waals surface area contributed by atoms with E-state index in [4.69, 9.17) is 15.2 Å². The van der Waals surface area contributed by atoms with Crippen molar-refractivity contribution in [1.29, 1.82) is 5.26 Å². The van der Waals surface area contributed by atoms with E-state index >= 15 is 0 Å². The number of halogens is 1. The topological polar surface area (TPSA) is 94.4 Å². The van der Waals surface area contributed by atoms with E-state index in [1.807, 2.05) is 19.9 Å². The number of rotatable bonds is 6. The molecule has 0 spiro atoms. The fourth-order valence-corrected chi connectivity index (χ4v) is 2.00. The highest BCUT2D eigenvalue weighted by atomic mass is 19.1. The van der Waals surface area contributed by atoms with Gasteiger partial charge in [-0.25, -0.2) is 9.87 Å². The van der Waals surface area contributed by atoms with Crippen molar-refractivity contribution in [3.8, 4) is 6.07 Å². The van der Waals surface area contributed by atoms with Crippen molar-refractivity contribution >= 4 is 17.3 Å². The molecule has 2 aromatic carbocycles. The summed E-state index contributed by atoms with van der Waals surface area (Å²) in [5.41, 5.74) is 3.87. The first kappa shape index (κ1) is 21.1. The lowest BCUT2D eigenvalue weighted by atomic mass is 10.1. The highest BCUT2D eigenvalue weighted by molar-refractivity contribution is 6.00. The molecule has 6 nitrogen and oxygen atoms in total. The second kappa shape index (κ2) is 10.8. The van der Waals surface area contributed by atoms with Crippen LogP contribution in [0.4, 0.5) is 15.8 Å². The van der Waals surface area contributed by atoms with Crippen LogP contribution in [0.2, 0.25) is 0 Å². The first-order chi connectivity index (χ1) is 12.5. The summed E-state index contributed by atoms with van der Waals surface area (Å²) >= 11 is 0. The van der Waals surface area contributed by atoms with E-state index in [9.17, 15) is 9.18 Å². The average molecular weight is 359 g/mol. The predicted molar refractivity (Wildman–Crippen MR) is 97.4 cm³/mol. The number of aryl methyl sites for hydroxylation is 1. The van der Waals surface area contributed by atoms with Gasteiger partial charge in [0.2, 0.25) is 0 Å². The maximum Gasteiger partial charge on any atom is 0.276 e. The highest BCUT2D eigenvalue weighted by Crippen LogP contribution is 2.25. The predicted octanol–water partition coefficient (Wildman–Crippen LogP) is 3.43. The summed E-state index contributed by atoms with van der Waals surface area (Å²) in [5.74, 6) is -1.05. The Hall–Kier alpha value is -2.95. The van der Waals surface area contributed by atoms with E-state index in [0.29, 0.717) is 5.56 Å². The lowest BCUT2D eigenvalue weighted by Crippen LogP contribution is -2.26. The summed E-state index contributed by atoms with van der Waals surface area (Å²) < 4.78 is 14.0. The van der Waals surface area contributed by atoms with Gasteiger partial charge in [-0.15, -0.1) is 0 Å². The fourth-order valence-electron chi connectivity index (χ4n) is 2.00. The molecule has 0 unspecified atom stereocenters. The smallest absolute Gasteiger partial charge is 0.276 e. The number of aliphatic hydroxyl groups excluding tert-OH is 1. The number of benzene rings is 2. The molecule has 0 fully saturated rings. The van der Waals surface area contributed by atoms with E-state index in [1.165, 1.54) is 24.3 Å². The molecule has 0 bridgehead atoms. The molecule has 138 valence electrons. The lowest BCUT2D eigenvalue weighted by molar-refractivity contribution is 0.0169. The molecular formula is C19H22FN3O3. The molecule has 0 saturated heterocycles. The first-order valence-corrected chi connectivity index (χ1v) is 8.15. The number of carbonyl (C=O) groups is 1. The summed E-state index contributed by atoms with van der Waals surface area (Å²) in [7, 11) is 0. The van der Waals surface area contributed by atoms with E-state index in [2.05, 4.69) is 10.8 Å². The Kier molecular flexibility index (Phi) is 8.78. The zero-order valence-corrected chi connectivity index (χ0v) is 15.0. The number of carbonyl (C=O) groups excluding carboxylic acids is 1. The zero-order chi connectivity index (χ0) is 19.5. The summed E-state index contributed by atoms with van der Waals surface area (Å²) in [5, 5.41) is 20.5. The van der Waals surface area contributed by atoms with Gasteiger partial charge in [-0.2, -0.15) is 5.26 Å². The normalized spacial score (nSPS) is 9.54. The molecule has 3 N–H and O–H groups in total. The van der Waals surface area contributed by atoms with Gasteiger partial charge in [-0.3, -0.25) is 9.63 Å². The number of nitriles is 1. The van der Waals surface area contributed by atoms with Gasteiger partial charge in [0.15, 0.2) is 0 Å². The second-order valence-electron chi connectivity index (χ2n) is 4.98. The number of nitrogens with zero attached hydrogens (tertiary/aromatic N) is 1. The molecule has 0 saturated carbocycles. The Morgan fingerprint density at radius 1 is 1.23 bits per heavy atom. The van der Waals surface area contributed by atoms with Crippen LogP contribution in [-0.4, -0.2) is 24.2 Å². The maximum atomic E-state index is 14.0. The Labute approximate surface area is 152 Å². The van der Waals surface area contributed by atoms with Gasteiger partial charge >= 0.3 is 0 Å². The number of hydrogen-bond acceptors (Lipinski definition) is 5. The van der Waals surface area contributed by atoms with E-state index < -0.39 is 11.7 Å². The summed E-state index contributed by atoms with van der Waals surface area (Å²) in [6.07, 6.45) is 0. The number of hydroxylamine groups is 1. The Morgan fingerprint density at radius 3 is 2.58 bits per heavy atom. The molecule has 0 aliphatic carbocycles. The van der Waals surface area contributed by atoms with E-state index in [-0.39, 0.29) is 30.2 Å². The minimum Gasteiger partial charge on any atom is -0.394 e. The zero-order valence-electron chi connectivity index (χ0n) is 15.0. The van der Waals surface area contributed by atoms with Crippen LogP contribution in [-0.2, 0) is 4.84 Å². The van der Waals surface area contributed by atoms with Crippen molar-refractivity contribution < 1.29 is 19.1 Å². The molecular weight excluding hydrogens is 337 g/mol. The molecule has 0 aliphatic rings. The Morgan fingerprint density at radius 2 is 1.96 bits per heavy atom. The maximum absolute atomic E-state index is 14.0. The number of aliphatic hydroxyl groups is 1. The summed E-state index contributed by atoms with van der Waals surface area (Å²) in [4.78, 5) is 16.9. The molecule has 2 aromatic rings. The van der Waals surface area contributed by atoms with Gasteiger partial charge in [0.1, 0.15) is 5.82 Å². The van der Waals surface area contributed by atoms with Crippen LogP contribution in [0.1, 0.15) is 35.3 Å². The number of nitrogens with one attached hydrogen (secondary N) is 2. The number of hydrogen-bond donors (Lipinski definition) is 3. The van der Waals surface area contributed by atoms with Crippen LogP contribution in [0.15, 0.2) is 36.4 Å². The van der Waals surface area contributed by atoms with Gasteiger partial charge in [0, 0.05) is 0 Å². The molecule has 2 rings (SSSR count). The lowest BCUT2D eigenvalue weighted by Gasteiger charge is -2.13. The van der Waals surface area contributed by atoms with Crippen LogP contribution in [0.3, 0.4) is 0 Å². The Balaban J connectivity index is 0.00000163. The van der Waals surface area contributed by atoms with Crippen LogP contribution in [0.25, 0.3) is 0 Å². The van der Waals surface area contributed by atoms with Gasteiger partial charge in [0.05, 0.1) is 41.8 Å². The fraction of sp³-hybridized carbons (Fsp3) is 0.263. The third-order valence-electron chi connectivity index (χ3n) is 3.15. The standard InChI is InChI=1S/C17H16FN3O3.C2H6/c1-11-2-5-15(14(18)8-11)20-16-9-12(10-19)3-4-13(16)17(23)21-24-7-6-22;1-2/h2-5,8-9,20,22H,6-7H2,1H3,(H,21,23);1-2H3. The average Bonchev–Trinajstić information content (AvgIpc) is 2.65. The third kappa shape index (κ3) is 5.84. The SMILES string of the molecule is CC.Cc1ccc(Nc2cc(C#N)ccc2C(=O)NOCCO)c(F)c1. The quantitative estimate of drug-likeness (QED) is 0.543. The minimum atomic E-state index is -0.581. The van der Waals surface area contributed by atoms with Crippen molar-refractivity contribution in [3.63, 3.8) is 0 Å². The van der Waals surface area contributed by atoms with Crippen molar-refractivity contribution in [2.24, 2.45) is 0 Å². The number of amides is 1. The molecule has 0 atom stereocenters. The van der Waals surface area contributed by atoms with Crippen molar-refractivity contribution in [2.75, 3.05) is 18.5 Å². The monoisotopic (exact) mass is 359 g/mol. The number of anilines is 2. The molecule has 0 aromatic heterocycles. The largest absolute Gasteiger partial charge is 0.394 e. The summed E-state index contributed by atoms with van der Waals surface area (Å²) in [6.45, 7) is 5.46. The van der Waals surface area contributed by atoms with Crippen LogP contribution in [0, 0.1) is 24.1 Å². The second-order valence-corrected chi connectivity index (χ2v) is 4.98. The van der Waals surface area contributed by atoms with E-state index in [1.54, 1.807) is 19.1 Å². The van der Waals surface area contributed by atoms with Crippen molar-refractivity contribution in [1.82, 2.24) is 5.48 Å². The van der Waals surface area contributed by atoms with Crippen LogP contribution >= 0.6 is 0 Å². The van der Waals surface area contributed by atoms with Crippen LogP contribution < -0.4 is 10.8 Å².